The summed E-state index contributed by atoms with van der Waals surface area (Å²) in [6.07, 6.45) is 1.49. The summed E-state index contributed by atoms with van der Waals surface area (Å²) in [5, 5.41) is 0.868. The van der Waals surface area contributed by atoms with Crippen LogP contribution in [0.4, 0.5) is 0 Å². The number of hydrogen-bond donors (Lipinski definition) is 0. The van der Waals surface area contributed by atoms with Crippen LogP contribution in [0, 0.1) is 0 Å². The lowest BCUT2D eigenvalue weighted by atomic mass is 10.3. The minimum absolute atomic E-state index is 0.219. The zero-order valence-electron chi connectivity index (χ0n) is 10.1. The molecule has 19 heavy (non-hydrogen) atoms. The summed E-state index contributed by atoms with van der Waals surface area (Å²) in [5.41, 5.74) is 0.551. The number of methoxy groups -OCH3 is 1. The molecule has 0 aliphatic carbocycles. The minimum atomic E-state index is -1.28. The van der Waals surface area contributed by atoms with Gasteiger partial charge in [-0.2, -0.15) is 0 Å². The van der Waals surface area contributed by atoms with Crippen LogP contribution < -0.4 is 4.74 Å². The highest BCUT2D eigenvalue weighted by Crippen LogP contribution is 2.25. The van der Waals surface area contributed by atoms with Gasteiger partial charge in [-0.1, -0.05) is 35.3 Å². The van der Waals surface area contributed by atoms with Gasteiger partial charge in [0.15, 0.2) is 0 Å². The van der Waals surface area contributed by atoms with Crippen molar-refractivity contribution in [1.82, 2.24) is 4.98 Å². The van der Waals surface area contributed by atoms with Gasteiger partial charge in [-0.3, -0.25) is 9.19 Å². The van der Waals surface area contributed by atoms with E-state index in [2.05, 4.69) is 4.98 Å². The van der Waals surface area contributed by atoms with Gasteiger partial charge in [-0.05, 0) is 18.2 Å². The number of pyridine rings is 1. The van der Waals surface area contributed by atoms with Gasteiger partial charge in [0.25, 0.3) is 0 Å². The van der Waals surface area contributed by atoms with Crippen LogP contribution in [0.2, 0.25) is 10.0 Å². The van der Waals surface area contributed by atoms with E-state index >= 15 is 0 Å². The van der Waals surface area contributed by atoms with Crippen molar-refractivity contribution in [3.8, 4) is 5.75 Å². The van der Waals surface area contributed by atoms with E-state index in [1.54, 1.807) is 25.3 Å². The summed E-state index contributed by atoms with van der Waals surface area (Å²) >= 11 is 11.8. The van der Waals surface area contributed by atoms with Crippen molar-refractivity contribution >= 4 is 34.0 Å². The largest absolute Gasteiger partial charge is 0.495 e. The maximum atomic E-state index is 12.3. The Kier molecular flexibility index (Phi) is 4.80. The Labute approximate surface area is 124 Å². The van der Waals surface area contributed by atoms with Gasteiger partial charge in [0.1, 0.15) is 5.75 Å². The smallest absolute Gasteiger partial charge is 0.134 e. The van der Waals surface area contributed by atoms with E-state index in [0.717, 1.165) is 0 Å². The molecule has 0 saturated carbocycles. The molecule has 1 atom stereocenters. The number of benzene rings is 1. The fraction of sp³-hybridized carbons (Fsp3) is 0.154. The lowest BCUT2D eigenvalue weighted by molar-refractivity contribution is 0.404. The topological polar surface area (TPSA) is 39.2 Å². The van der Waals surface area contributed by atoms with Crippen LogP contribution in [0.15, 0.2) is 41.4 Å². The molecule has 0 aliphatic rings. The molecule has 0 bridgehead atoms. The molecule has 2 rings (SSSR count). The third kappa shape index (κ3) is 3.47. The van der Waals surface area contributed by atoms with Crippen molar-refractivity contribution in [1.29, 1.82) is 0 Å². The molecular formula is C13H11Cl2NO2S. The second kappa shape index (κ2) is 6.37. The molecular weight excluding hydrogens is 305 g/mol. The quantitative estimate of drug-likeness (QED) is 0.863. The van der Waals surface area contributed by atoms with Gasteiger partial charge in [0, 0.05) is 6.20 Å². The first-order chi connectivity index (χ1) is 9.11. The summed E-state index contributed by atoms with van der Waals surface area (Å²) < 4.78 is 17.5. The molecule has 1 heterocycles. The second-order valence-corrected chi connectivity index (χ2v) is 5.99. The molecule has 100 valence electrons. The highest BCUT2D eigenvalue weighted by Gasteiger charge is 2.13. The summed E-state index contributed by atoms with van der Waals surface area (Å²) in [7, 11) is 0.267. The molecule has 0 radical (unpaired) electrons. The second-order valence-electron chi connectivity index (χ2n) is 3.72. The maximum absolute atomic E-state index is 12.3. The SMILES string of the molecule is COc1ccccc1[S@@](=O)Cc1ncc(Cl)cc1Cl. The predicted molar refractivity (Wildman–Crippen MR) is 77.4 cm³/mol. The van der Waals surface area contributed by atoms with Crippen molar-refractivity contribution < 1.29 is 8.95 Å². The maximum Gasteiger partial charge on any atom is 0.134 e. The molecule has 1 aromatic heterocycles. The van der Waals surface area contributed by atoms with E-state index in [4.69, 9.17) is 27.9 Å². The number of rotatable bonds is 4. The van der Waals surface area contributed by atoms with E-state index in [0.29, 0.717) is 26.4 Å². The first-order valence-corrected chi connectivity index (χ1v) is 7.50. The molecule has 0 saturated heterocycles. The van der Waals surface area contributed by atoms with Gasteiger partial charge in [0.05, 0.1) is 44.3 Å². The van der Waals surface area contributed by atoms with E-state index in [1.165, 1.54) is 6.20 Å². The van der Waals surface area contributed by atoms with Crippen LogP contribution in [0.25, 0.3) is 0 Å². The molecule has 3 nitrogen and oxygen atoms in total. The normalized spacial score (nSPS) is 12.2. The molecule has 6 heteroatoms. The number of nitrogens with zero attached hydrogens (tertiary/aromatic N) is 1. The number of ether oxygens (including phenoxy) is 1. The predicted octanol–water partition coefficient (Wildman–Crippen LogP) is 3.70. The van der Waals surface area contributed by atoms with Gasteiger partial charge in [-0.25, -0.2) is 0 Å². The Morgan fingerprint density at radius 2 is 2.05 bits per heavy atom. The summed E-state index contributed by atoms with van der Waals surface area (Å²) in [6.45, 7) is 0. The monoisotopic (exact) mass is 315 g/mol. The molecule has 0 aliphatic heterocycles. The van der Waals surface area contributed by atoms with Crippen molar-refractivity contribution in [3.05, 3.63) is 52.3 Å². The average Bonchev–Trinajstić information content (AvgIpc) is 2.41. The molecule has 1 aromatic carbocycles. The molecule has 0 N–H and O–H groups in total. The number of para-hydroxylation sites is 1. The van der Waals surface area contributed by atoms with Crippen LogP contribution in [-0.2, 0) is 16.6 Å². The van der Waals surface area contributed by atoms with E-state index in [-0.39, 0.29) is 5.75 Å². The Morgan fingerprint density at radius 1 is 1.32 bits per heavy atom. The standard InChI is InChI=1S/C13H11Cl2NO2S/c1-18-12-4-2-3-5-13(12)19(17)8-11-10(15)6-9(14)7-16-11/h2-7H,8H2,1H3/t19-/m0/s1. The Bertz CT molecular complexity index is 619. The highest BCUT2D eigenvalue weighted by molar-refractivity contribution is 7.84. The fourth-order valence-corrected chi connectivity index (χ4v) is 3.32. The Balaban J connectivity index is 2.26. The molecule has 0 amide bonds. The Hall–Kier alpha value is -1.10. The van der Waals surface area contributed by atoms with Gasteiger partial charge < -0.3 is 4.74 Å². The van der Waals surface area contributed by atoms with Crippen molar-refractivity contribution in [2.75, 3.05) is 7.11 Å². The molecule has 0 spiro atoms. The first-order valence-electron chi connectivity index (χ1n) is 5.43. The lowest BCUT2D eigenvalue weighted by Gasteiger charge is -2.08. The Morgan fingerprint density at radius 3 is 2.74 bits per heavy atom. The van der Waals surface area contributed by atoms with E-state index in [1.807, 2.05) is 12.1 Å². The van der Waals surface area contributed by atoms with Crippen LogP contribution in [-0.4, -0.2) is 16.3 Å². The molecule has 2 aromatic rings. The van der Waals surface area contributed by atoms with Crippen LogP contribution in [0.3, 0.4) is 0 Å². The zero-order chi connectivity index (χ0) is 13.8. The fourth-order valence-electron chi connectivity index (χ4n) is 1.56. The van der Waals surface area contributed by atoms with E-state index in [9.17, 15) is 4.21 Å². The molecule has 0 fully saturated rings. The summed E-state index contributed by atoms with van der Waals surface area (Å²) in [6, 6.07) is 8.76. The summed E-state index contributed by atoms with van der Waals surface area (Å²) in [5.74, 6) is 0.807. The van der Waals surface area contributed by atoms with Crippen LogP contribution in [0.5, 0.6) is 5.75 Å². The first kappa shape index (κ1) is 14.3. The van der Waals surface area contributed by atoms with E-state index < -0.39 is 10.8 Å². The van der Waals surface area contributed by atoms with Gasteiger partial charge >= 0.3 is 0 Å². The van der Waals surface area contributed by atoms with Crippen LogP contribution >= 0.6 is 23.2 Å². The lowest BCUT2D eigenvalue weighted by Crippen LogP contribution is -2.01. The van der Waals surface area contributed by atoms with Crippen LogP contribution in [0.1, 0.15) is 5.69 Å². The minimum Gasteiger partial charge on any atom is -0.495 e. The van der Waals surface area contributed by atoms with Crippen molar-refractivity contribution in [2.45, 2.75) is 10.6 Å². The number of hydrogen-bond acceptors (Lipinski definition) is 3. The third-order valence-corrected chi connectivity index (χ3v) is 4.36. The van der Waals surface area contributed by atoms with Crippen molar-refractivity contribution in [3.63, 3.8) is 0 Å². The molecule has 0 unspecified atom stereocenters. The van der Waals surface area contributed by atoms with Gasteiger partial charge in [0.2, 0.25) is 0 Å². The van der Waals surface area contributed by atoms with Gasteiger partial charge in [-0.15, -0.1) is 0 Å². The zero-order valence-corrected chi connectivity index (χ0v) is 12.4. The third-order valence-electron chi connectivity index (χ3n) is 2.47. The average molecular weight is 316 g/mol. The number of aromatic nitrogens is 1. The van der Waals surface area contributed by atoms with Crippen molar-refractivity contribution in [2.24, 2.45) is 0 Å². The number of halogens is 2. The highest BCUT2D eigenvalue weighted by atomic mass is 35.5. The summed E-state index contributed by atoms with van der Waals surface area (Å²) in [4.78, 5) is 4.72.